The van der Waals surface area contributed by atoms with Gasteiger partial charge < -0.3 is 28.4 Å². The number of carbonyl (C=O) groups excluding carboxylic acids is 4. The van der Waals surface area contributed by atoms with Gasteiger partial charge in [0.15, 0.2) is 0 Å². The minimum atomic E-state index is -0.526. The van der Waals surface area contributed by atoms with Gasteiger partial charge in [0, 0.05) is 6.42 Å². The van der Waals surface area contributed by atoms with Crippen molar-refractivity contribution in [1.82, 2.24) is 0 Å². The van der Waals surface area contributed by atoms with E-state index in [1.165, 1.54) is 64.2 Å². The van der Waals surface area contributed by atoms with Crippen molar-refractivity contribution in [3.05, 3.63) is 167 Å². The van der Waals surface area contributed by atoms with Crippen LogP contribution in [0, 0.1) is 0 Å². The van der Waals surface area contributed by atoms with E-state index in [9.17, 15) is 19.2 Å². The number of carbonyl (C=O) groups is 4. The van der Waals surface area contributed by atoms with E-state index >= 15 is 0 Å². The van der Waals surface area contributed by atoms with Crippen LogP contribution in [0.15, 0.2) is 133 Å². The van der Waals surface area contributed by atoms with E-state index in [1.807, 2.05) is 86.6 Å². The predicted molar refractivity (Wildman–Crippen MR) is 334 cm³/mol. The largest absolute Gasteiger partial charge is 0.493 e. The molecular formula is C73H92O10. The average Bonchev–Trinajstić information content (AvgIpc) is 3.52. The molecule has 83 heavy (non-hydrogen) atoms. The maximum absolute atomic E-state index is 14.0. The molecule has 2 atom stereocenters. The highest BCUT2D eigenvalue weighted by Gasteiger charge is 2.20. The summed E-state index contributed by atoms with van der Waals surface area (Å²) in [7, 11) is 0. The molecule has 6 aromatic carbocycles. The summed E-state index contributed by atoms with van der Waals surface area (Å²) in [6, 6.07) is 40.0. The fraction of sp³-hybridized carbons (Fsp3) is 0.452. The topological polar surface area (TPSA) is 124 Å². The molecule has 0 aromatic heterocycles. The first kappa shape index (κ1) is 65.0. The van der Waals surface area contributed by atoms with Gasteiger partial charge in [-0.2, -0.15) is 0 Å². The maximum Gasteiger partial charge on any atom is 0.343 e. The van der Waals surface area contributed by atoms with Gasteiger partial charge in [0.05, 0.1) is 47.7 Å². The zero-order valence-corrected chi connectivity index (χ0v) is 50.6. The Morgan fingerprint density at radius 3 is 0.988 bits per heavy atom. The van der Waals surface area contributed by atoms with Crippen molar-refractivity contribution >= 4 is 23.9 Å². The minimum Gasteiger partial charge on any atom is -0.493 e. The fourth-order valence-electron chi connectivity index (χ4n) is 10.0. The van der Waals surface area contributed by atoms with E-state index in [4.69, 9.17) is 28.4 Å². The highest BCUT2D eigenvalue weighted by atomic mass is 16.6. The second-order valence-electron chi connectivity index (χ2n) is 22.2. The molecule has 6 aromatic rings. The van der Waals surface area contributed by atoms with Crippen molar-refractivity contribution in [2.75, 3.05) is 13.2 Å². The molecule has 6 rings (SSSR count). The zero-order valence-electron chi connectivity index (χ0n) is 50.6. The van der Waals surface area contributed by atoms with Crippen molar-refractivity contribution in [2.45, 2.75) is 201 Å². The molecule has 10 nitrogen and oxygen atoms in total. The molecule has 0 N–H and O–H groups in total. The summed E-state index contributed by atoms with van der Waals surface area (Å²) in [5.41, 5.74) is 6.82. The Balaban J connectivity index is 1.16. The van der Waals surface area contributed by atoms with Crippen molar-refractivity contribution in [2.24, 2.45) is 0 Å². The van der Waals surface area contributed by atoms with Crippen LogP contribution in [0.1, 0.15) is 235 Å². The maximum atomic E-state index is 14.0. The standard InChI is InChI=1S/C73H92O10/c1-7-11-15-19-21-25-49-78-68-47-41-62(72(76)82-66-43-37-58(38-44-66)56-29-33-60(34-30-56)70(74)80-54(5)27-23-17-13-9-3)51-64(68)53-65-52-63(42-48-69(65)79-50-26-22-20-16-12-8-2)73(77)83-67-45-39-59(40-46-67)57-31-35-61(36-32-57)71(75)81-55(6)28-24-18-14-10-4/h29-48,51-52,54-55H,7-28,49-50,53H2,1-6H3/t54-,55-/m1/s1. The summed E-state index contributed by atoms with van der Waals surface area (Å²) in [5.74, 6) is 0.345. The summed E-state index contributed by atoms with van der Waals surface area (Å²) in [5, 5.41) is 0. The fourth-order valence-corrected chi connectivity index (χ4v) is 10.0. The van der Waals surface area contributed by atoms with Crippen LogP contribution in [0.3, 0.4) is 0 Å². The molecular weight excluding hydrogens is 1040 g/mol. The normalized spacial score (nSPS) is 11.8. The van der Waals surface area contributed by atoms with Crippen LogP contribution >= 0.6 is 0 Å². The van der Waals surface area contributed by atoms with Crippen LogP contribution in [-0.4, -0.2) is 49.3 Å². The summed E-state index contributed by atoms with van der Waals surface area (Å²) >= 11 is 0. The van der Waals surface area contributed by atoms with Crippen LogP contribution < -0.4 is 18.9 Å². The molecule has 0 radical (unpaired) electrons. The number of hydrogen-bond acceptors (Lipinski definition) is 10. The second-order valence-corrected chi connectivity index (χ2v) is 22.2. The van der Waals surface area contributed by atoms with Gasteiger partial charge in [0.2, 0.25) is 0 Å². The monoisotopic (exact) mass is 1130 g/mol. The van der Waals surface area contributed by atoms with Gasteiger partial charge in [0.25, 0.3) is 0 Å². The highest BCUT2D eigenvalue weighted by molar-refractivity contribution is 5.93. The van der Waals surface area contributed by atoms with Crippen molar-refractivity contribution < 1.29 is 47.6 Å². The van der Waals surface area contributed by atoms with Crippen LogP contribution in [-0.2, 0) is 15.9 Å². The highest BCUT2D eigenvalue weighted by Crippen LogP contribution is 2.32. The number of rotatable bonds is 38. The average molecular weight is 1130 g/mol. The van der Waals surface area contributed by atoms with E-state index in [1.54, 1.807) is 60.7 Å². The predicted octanol–water partition coefficient (Wildman–Crippen LogP) is 19.6. The lowest BCUT2D eigenvalue weighted by molar-refractivity contribution is 0.0309. The summed E-state index contributed by atoms with van der Waals surface area (Å²) < 4.78 is 36.3. The quantitative estimate of drug-likeness (QED) is 0.0210. The van der Waals surface area contributed by atoms with Gasteiger partial charge in [0.1, 0.15) is 23.0 Å². The molecule has 10 heteroatoms. The van der Waals surface area contributed by atoms with E-state index < -0.39 is 11.9 Å². The van der Waals surface area contributed by atoms with Gasteiger partial charge in [-0.25, -0.2) is 19.2 Å². The smallest absolute Gasteiger partial charge is 0.343 e. The van der Waals surface area contributed by atoms with Gasteiger partial charge in [-0.1, -0.05) is 179 Å². The first-order valence-corrected chi connectivity index (χ1v) is 31.3. The molecule has 0 aliphatic rings. The van der Waals surface area contributed by atoms with Crippen molar-refractivity contribution in [3.8, 4) is 45.3 Å². The number of hydrogen-bond donors (Lipinski definition) is 0. The Bertz CT molecular complexity index is 2670. The van der Waals surface area contributed by atoms with Crippen LogP contribution in [0.2, 0.25) is 0 Å². The van der Waals surface area contributed by atoms with E-state index in [2.05, 4.69) is 27.7 Å². The first-order chi connectivity index (χ1) is 40.5. The Hall–Kier alpha value is -7.20. The Morgan fingerprint density at radius 1 is 0.337 bits per heavy atom. The molecule has 0 heterocycles. The number of benzene rings is 6. The Labute approximate surface area is 496 Å². The number of ether oxygens (including phenoxy) is 6. The third-order valence-electron chi connectivity index (χ3n) is 15.1. The van der Waals surface area contributed by atoms with Crippen molar-refractivity contribution in [3.63, 3.8) is 0 Å². The third kappa shape index (κ3) is 22.5. The zero-order chi connectivity index (χ0) is 59.0. The lowest BCUT2D eigenvalue weighted by Gasteiger charge is -2.17. The van der Waals surface area contributed by atoms with E-state index in [0.29, 0.717) is 64.9 Å². The van der Waals surface area contributed by atoms with Crippen molar-refractivity contribution in [1.29, 1.82) is 0 Å². The third-order valence-corrected chi connectivity index (χ3v) is 15.1. The molecule has 444 valence electrons. The van der Waals surface area contributed by atoms with Gasteiger partial charge >= 0.3 is 23.9 Å². The SMILES string of the molecule is CCCCCCCCOc1ccc(C(=O)Oc2ccc(-c3ccc(C(=O)O[C@H](C)CCCCCC)cc3)cc2)cc1Cc1cc(C(=O)Oc2ccc(-c3ccc(C(=O)O[C@H](C)CCCCCC)cc3)cc2)ccc1OCCCCCCCC. The molecule has 0 saturated heterocycles. The molecule has 0 bridgehead atoms. The van der Waals surface area contributed by atoms with Gasteiger partial charge in [-0.05, 0) is 171 Å². The molecule has 0 aliphatic heterocycles. The molecule has 0 unspecified atom stereocenters. The Morgan fingerprint density at radius 2 is 0.639 bits per heavy atom. The molecule has 0 saturated carbocycles. The van der Waals surface area contributed by atoms with Crippen LogP contribution in [0.25, 0.3) is 22.3 Å². The van der Waals surface area contributed by atoms with Gasteiger partial charge in [-0.15, -0.1) is 0 Å². The molecule has 0 spiro atoms. The summed E-state index contributed by atoms with van der Waals surface area (Å²) in [6.07, 6.45) is 24.2. The number of esters is 4. The number of unbranched alkanes of at least 4 members (excludes halogenated alkanes) is 16. The molecule has 0 aliphatic carbocycles. The van der Waals surface area contributed by atoms with Gasteiger partial charge in [-0.3, -0.25) is 0 Å². The van der Waals surface area contributed by atoms with E-state index in [-0.39, 0.29) is 24.1 Å². The van der Waals surface area contributed by atoms with E-state index in [0.717, 1.165) is 110 Å². The molecule has 0 fully saturated rings. The summed E-state index contributed by atoms with van der Waals surface area (Å²) in [4.78, 5) is 53.7. The van der Waals surface area contributed by atoms with Crippen LogP contribution in [0.4, 0.5) is 0 Å². The second kappa shape index (κ2) is 36.4. The lowest BCUT2D eigenvalue weighted by Crippen LogP contribution is -2.15. The first-order valence-electron chi connectivity index (χ1n) is 31.3. The molecule has 0 amide bonds. The summed E-state index contributed by atoms with van der Waals surface area (Å²) in [6.45, 7) is 13.7. The lowest BCUT2D eigenvalue weighted by atomic mass is 9.99. The Kier molecular flexibility index (Phi) is 28.5. The van der Waals surface area contributed by atoms with Crippen LogP contribution in [0.5, 0.6) is 23.0 Å². The minimum absolute atomic E-state index is 0.139.